The number of allylic oxidation sites excluding steroid dienone is 1. The summed E-state index contributed by atoms with van der Waals surface area (Å²) in [5.41, 5.74) is 1.60. The fourth-order valence-electron chi connectivity index (χ4n) is 2.34. The topological polar surface area (TPSA) is 89.0 Å². The summed E-state index contributed by atoms with van der Waals surface area (Å²) < 4.78 is 6.25. The number of nitro groups is 1. The summed E-state index contributed by atoms with van der Waals surface area (Å²) in [4.78, 5) is 15.2. The van der Waals surface area contributed by atoms with Crippen LogP contribution in [0.5, 0.6) is 5.75 Å². The Morgan fingerprint density at radius 3 is 2.88 bits per heavy atom. The zero-order valence-electron chi connectivity index (χ0n) is 13.3. The van der Waals surface area contributed by atoms with E-state index in [1.165, 1.54) is 17.4 Å². The molecular formula is C18H13N3O3S. The summed E-state index contributed by atoms with van der Waals surface area (Å²) in [5.74, 6) is 0.211. The molecule has 0 aliphatic heterocycles. The number of rotatable bonds is 5. The number of para-hydroxylation sites is 1. The average molecular weight is 351 g/mol. The predicted octanol–water partition coefficient (Wildman–Crippen LogP) is 4.67. The molecule has 1 heterocycles. The third-order valence-electron chi connectivity index (χ3n) is 3.44. The van der Waals surface area contributed by atoms with Crippen LogP contribution >= 0.6 is 11.3 Å². The van der Waals surface area contributed by atoms with Crippen LogP contribution in [0.1, 0.15) is 17.5 Å². The van der Waals surface area contributed by atoms with Gasteiger partial charge in [-0.05, 0) is 36.8 Å². The van der Waals surface area contributed by atoms with Gasteiger partial charge >= 0.3 is 5.69 Å². The summed E-state index contributed by atoms with van der Waals surface area (Å²) in [6, 6.07) is 14.4. The van der Waals surface area contributed by atoms with Gasteiger partial charge in [-0.25, -0.2) is 4.98 Å². The van der Waals surface area contributed by atoms with Crippen LogP contribution in [-0.2, 0) is 0 Å². The average Bonchev–Trinajstić information content (AvgIpc) is 3.04. The van der Waals surface area contributed by atoms with Crippen molar-refractivity contribution in [3.8, 4) is 11.8 Å². The number of benzene rings is 2. The molecular weight excluding hydrogens is 338 g/mol. The van der Waals surface area contributed by atoms with Gasteiger partial charge in [0.1, 0.15) is 11.1 Å². The number of hydrogen-bond donors (Lipinski definition) is 0. The van der Waals surface area contributed by atoms with Crippen LogP contribution in [0.25, 0.3) is 21.9 Å². The molecule has 0 saturated heterocycles. The van der Waals surface area contributed by atoms with E-state index >= 15 is 0 Å². The molecule has 0 fully saturated rings. The van der Waals surface area contributed by atoms with Crippen molar-refractivity contribution in [3.05, 3.63) is 63.1 Å². The Bertz CT molecular complexity index is 985. The van der Waals surface area contributed by atoms with E-state index in [0.29, 0.717) is 22.8 Å². The first-order valence-corrected chi connectivity index (χ1v) is 8.33. The molecule has 0 amide bonds. The molecule has 3 rings (SSSR count). The zero-order valence-corrected chi connectivity index (χ0v) is 14.1. The summed E-state index contributed by atoms with van der Waals surface area (Å²) >= 11 is 1.41. The molecule has 0 aliphatic carbocycles. The molecule has 0 unspecified atom stereocenters. The van der Waals surface area contributed by atoms with Gasteiger partial charge in [0.15, 0.2) is 5.75 Å². The molecule has 0 aliphatic rings. The van der Waals surface area contributed by atoms with Crippen molar-refractivity contribution >= 4 is 38.9 Å². The largest absolute Gasteiger partial charge is 0.487 e. The Balaban J connectivity index is 2.03. The third-order valence-corrected chi connectivity index (χ3v) is 4.50. The Hall–Kier alpha value is -3.24. The predicted molar refractivity (Wildman–Crippen MR) is 97.4 cm³/mol. The first-order chi connectivity index (χ1) is 12.1. The number of aromatic nitrogens is 1. The summed E-state index contributed by atoms with van der Waals surface area (Å²) in [5, 5.41) is 21.3. The lowest BCUT2D eigenvalue weighted by Gasteiger charge is -2.04. The molecule has 2 aromatic carbocycles. The van der Waals surface area contributed by atoms with E-state index in [2.05, 4.69) is 11.1 Å². The standard InChI is InChI=1S/C18H13N3O3S/c1-2-24-16-8-7-12(10-15(16)21(22)23)9-13(11-19)18-20-14-5-3-4-6-17(14)25-18/h3-10H,2H2,1H3/b13-9-. The molecule has 0 radical (unpaired) electrons. The minimum Gasteiger partial charge on any atom is -0.487 e. The van der Waals surface area contributed by atoms with Crippen molar-refractivity contribution in [2.45, 2.75) is 6.92 Å². The Labute approximate surface area is 147 Å². The van der Waals surface area contributed by atoms with Crippen molar-refractivity contribution in [1.29, 1.82) is 5.26 Å². The Kier molecular flexibility index (Phi) is 4.73. The summed E-state index contributed by atoms with van der Waals surface area (Å²) in [6.45, 7) is 2.10. The van der Waals surface area contributed by atoms with Crippen LogP contribution in [0, 0.1) is 21.4 Å². The first kappa shape index (κ1) is 16.6. The highest BCUT2D eigenvalue weighted by Crippen LogP contribution is 2.31. The third kappa shape index (κ3) is 3.49. The van der Waals surface area contributed by atoms with Crippen molar-refractivity contribution < 1.29 is 9.66 Å². The van der Waals surface area contributed by atoms with Gasteiger partial charge in [0.2, 0.25) is 0 Å². The number of thiazole rings is 1. The van der Waals surface area contributed by atoms with E-state index in [0.717, 1.165) is 10.2 Å². The number of nitriles is 1. The minimum atomic E-state index is -0.494. The molecule has 0 saturated carbocycles. The number of ether oxygens (including phenoxy) is 1. The second-order valence-electron chi connectivity index (χ2n) is 5.07. The van der Waals surface area contributed by atoms with E-state index in [1.807, 2.05) is 24.3 Å². The van der Waals surface area contributed by atoms with Crippen molar-refractivity contribution in [2.24, 2.45) is 0 Å². The molecule has 25 heavy (non-hydrogen) atoms. The van der Waals surface area contributed by atoms with Crippen molar-refractivity contribution in [1.82, 2.24) is 4.98 Å². The molecule has 6 nitrogen and oxygen atoms in total. The lowest BCUT2D eigenvalue weighted by molar-refractivity contribution is -0.385. The number of fused-ring (bicyclic) bond motifs is 1. The summed E-state index contributed by atoms with van der Waals surface area (Å²) in [6.07, 6.45) is 1.60. The molecule has 3 aromatic rings. The van der Waals surface area contributed by atoms with Crippen LogP contribution in [-0.4, -0.2) is 16.5 Å². The van der Waals surface area contributed by atoms with Gasteiger partial charge in [-0.15, -0.1) is 11.3 Å². The molecule has 1 aromatic heterocycles. The van der Waals surface area contributed by atoms with E-state index in [4.69, 9.17) is 4.74 Å². The molecule has 0 spiro atoms. The van der Waals surface area contributed by atoms with E-state index < -0.39 is 4.92 Å². The maximum atomic E-state index is 11.2. The molecule has 0 bridgehead atoms. The van der Waals surface area contributed by atoms with Gasteiger partial charge in [-0.2, -0.15) is 5.26 Å². The fourth-order valence-corrected chi connectivity index (χ4v) is 3.27. The van der Waals surface area contributed by atoms with Gasteiger partial charge < -0.3 is 4.74 Å². The van der Waals surface area contributed by atoms with Crippen molar-refractivity contribution in [2.75, 3.05) is 6.61 Å². The maximum absolute atomic E-state index is 11.2. The quantitative estimate of drug-likeness (QED) is 0.379. The summed E-state index contributed by atoms with van der Waals surface area (Å²) in [7, 11) is 0. The highest BCUT2D eigenvalue weighted by atomic mass is 32.1. The van der Waals surface area contributed by atoms with Crippen molar-refractivity contribution in [3.63, 3.8) is 0 Å². The molecule has 7 heteroatoms. The number of hydrogen-bond acceptors (Lipinski definition) is 6. The van der Waals surface area contributed by atoms with Crippen LogP contribution in [0.4, 0.5) is 5.69 Å². The van der Waals surface area contributed by atoms with Crippen LogP contribution in [0.3, 0.4) is 0 Å². The lowest BCUT2D eigenvalue weighted by Crippen LogP contribution is -1.97. The fraction of sp³-hybridized carbons (Fsp3) is 0.111. The highest BCUT2D eigenvalue weighted by Gasteiger charge is 2.16. The van der Waals surface area contributed by atoms with Gasteiger partial charge in [-0.3, -0.25) is 10.1 Å². The SMILES string of the molecule is CCOc1ccc(/C=C(/C#N)c2nc3ccccc3s2)cc1[N+](=O)[O-]. The zero-order chi connectivity index (χ0) is 17.8. The minimum absolute atomic E-state index is 0.128. The Morgan fingerprint density at radius 2 is 2.20 bits per heavy atom. The van der Waals surface area contributed by atoms with Gasteiger partial charge in [0.05, 0.1) is 27.3 Å². The molecule has 0 atom stereocenters. The van der Waals surface area contributed by atoms with E-state index in [1.54, 1.807) is 25.1 Å². The van der Waals surface area contributed by atoms with Crippen LogP contribution in [0.15, 0.2) is 42.5 Å². The van der Waals surface area contributed by atoms with Crippen LogP contribution < -0.4 is 4.74 Å². The smallest absolute Gasteiger partial charge is 0.311 e. The first-order valence-electron chi connectivity index (χ1n) is 7.51. The second kappa shape index (κ2) is 7.11. The van der Waals surface area contributed by atoms with E-state index in [-0.39, 0.29) is 11.4 Å². The normalized spacial score (nSPS) is 11.3. The highest BCUT2D eigenvalue weighted by molar-refractivity contribution is 7.19. The number of nitro benzene ring substituents is 1. The lowest BCUT2D eigenvalue weighted by atomic mass is 10.1. The van der Waals surface area contributed by atoms with Gasteiger partial charge in [0, 0.05) is 6.07 Å². The maximum Gasteiger partial charge on any atom is 0.311 e. The van der Waals surface area contributed by atoms with Gasteiger partial charge in [0.25, 0.3) is 0 Å². The second-order valence-corrected chi connectivity index (χ2v) is 6.10. The monoisotopic (exact) mass is 351 g/mol. The Morgan fingerprint density at radius 1 is 1.40 bits per heavy atom. The molecule has 0 N–H and O–H groups in total. The van der Waals surface area contributed by atoms with Gasteiger partial charge in [-0.1, -0.05) is 18.2 Å². The number of nitrogens with zero attached hydrogens (tertiary/aromatic N) is 3. The molecule has 124 valence electrons. The van der Waals surface area contributed by atoms with E-state index in [9.17, 15) is 15.4 Å². The van der Waals surface area contributed by atoms with Crippen LogP contribution in [0.2, 0.25) is 0 Å².